The van der Waals surface area contributed by atoms with Gasteiger partial charge in [-0.3, -0.25) is 14.5 Å². The van der Waals surface area contributed by atoms with Gasteiger partial charge in [0.05, 0.1) is 29.0 Å². The van der Waals surface area contributed by atoms with E-state index in [1.54, 1.807) is 0 Å². The molecule has 0 saturated carbocycles. The molecule has 0 aromatic carbocycles. The van der Waals surface area contributed by atoms with E-state index in [2.05, 4.69) is 4.98 Å². The van der Waals surface area contributed by atoms with Gasteiger partial charge in [-0.1, -0.05) is 18.2 Å². The van der Waals surface area contributed by atoms with Gasteiger partial charge in [-0.2, -0.15) is 0 Å². The van der Waals surface area contributed by atoms with Crippen molar-refractivity contribution in [3.05, 3.63) is 41.6 Å². The lowest BCUT2D eigenvalue weighted by Gasteiger charge is -2.14. The number of allylic oxidation sites excluding steroid dienone is 2. The first kappa shape index (κ1) is 13.5. The first-order chi connectivity index (χ1) is 10.7. The fourth-order valence-electron chi connectivity index (χ4n) is 3.08. The van der Waals surface area contributed by atoms with Gasteiger partial charge in [-0.15, -0.1) is 11.3 Å². The Kier molecular flexibility index (Phi) is 3.18. The van der Waals surface area contributed by atoms with Gasteiger partial charge in [0, 0.05) is 0 Å². The van der Waals surface area contributed by atoms with E-state index in [-0.39, 0.29) is 30.2 Å². The van der Waals surface area contributed by atoms with Gasteiger partial charge < -0.3 is 4.42 Å². The minimum absolute atomic E-state index is 0.0833. The summed E-state index contributed by atoms with van der Waals surface area (Å²) in [6.07, 6.45) is 6.81. The maximum atomic E-state index is 12.4. The normalized spacial score (nSPS) is 24.1. The fourth-order valence-corrected chi connectivity index (χ4v) is 3.74. The van der Waals surface area contributed by atoms with Crippen LogP contribution in [-0.2, 0) is 16.1 Å². The number of nitrogens with zero attached hydrogens (tertiary/aromatic N) is 2. The van der Waals surface area contributed by atoms with Crippen LogP contribution in [0.5, 0.6) is 0 Å². The highest BCUT2D eigenvalue weighted by Crippen LogP contribution is 2.36. The molecule has 1 aliphatic carbocycles. The number of hydrogen-bond donors (Lipinski definition) is 0. The molecule has 1 saturated heterocycles. The third kappa shape index (κ3) is 2.11. The van der Waals surface area contributed by atoms with Crippen molar-refractivity contribution in [1.82, 2.24) is 9.88 Å². The van der Waals surface area contributed by atoms with Crippen molar-refractivity contribution in [3.63, 3.8) is 0 Å². The molecule has 6 heteroatoms. The van der Waals surface area contributed by atoms with Crippen LogP contribution in [0.1, 0.15) is 18.5 Å². The first-order valence-corrected chi connectivity index (χ1v) is 8.10. The van der Waals surface area contributed by atoms with Gasteiger partial charge in [0.25, 0.3) is 0 Å². The average molecular weight is 314 g/mol. The van der Waals surface area contributed by atoms with E-state index in [1.165, 1.54) is 22.5 Å². The standard InChI is InChI=1S/C16H14N2O3S/c19-15-11-4-1-2-5-12(11)16(20)18(15)8-10-9-21-14(17-10)13-6-3-7-22-13/h1-3,6-7,9,11-12H,4-5,8H2/t11-,12-/m1/s1. The summed E-state index contributed by atoms with van der Waals surface area (Å²) in [5.74, 6) is -0.0226. The number of likely N-dealkylation sites (tertiary alicyclic amines) is 1. The number of amides is 2. The lowest BCUT2D eigenvalue weighted by molar-refractivity contribution is -0.140. The van der Waals surface area contributed by atoms with E-state index in [9.17, 15) is 9.59 Å². The maximum Gasteiger partial charge on any atom is 0.236 e. The second-order valence-electron chi connectivity index (χ2n) is 5.54. The van der Waals surface area contributed by atoms with Crippen LogP contribution in [0, 0.1) is 11.8 Å². The van der Waals surface area contributed by atoms with Gasteiger partial charge in [0.2, 0.25) is 17.7 Å². The van der Waals surface area contributed by atoms with Crippen LogP contribution in [0.15, 0.2) is 40.3 Å². The number of hydrogen-bond acceptors (Lipinski definition) is 5. The molecule has 0 spiro atoms. The molecule has 0 radical (unpaired) electrons. The van der Waals surface area contributed by atoms with Gasteiger partial charge in [0.15, 0.2) is 0 Å². The molecule has 2 atom stereocenters. The molecular formula is C16H14N2O3S. The van der Waals surface area contributed by atoms with Gasteiger partial charge in [-0.25, -0.2) is 4.98 Å². The molecule has 0 unspecified atom stereocenters. The molecule has 1 fully saturated rings. The van der Waals surface area contributed by atoms with Crippen molar-refractivity contribution in [3.8, 4) is 10.8 Å². The monoisotopic (exact) mass is 314 g/mol. The van der Waals surface area contributed by atoms with Crippen LogP contribution >= 0.6 is 11.3 Å². The number of fused-ring (bicyclic) bond motifs is 1. The third-order valence-corrected chi connectivity index (χ3v) is 5.06. The molecule has 2 aliphatic rings. The highest BCUT2D eigenvalue weighted by molar-refractivity contribution is 7.13. The fraction of sp³-hybridized carbons (Fsp3) is 0.312. The molecule has 0 bridgehead atoms. The predicted molar refractivity (Wildman–Crippen MR) is 80.7 cm³/mol. The first-order valence-electron chi connectivity index (χ1n) is 7.22. The average Bonchev–Trinajstić information content (AvgIpc) is 3.25. The second-order valence-corrected chi connectivity index (χ2v) is 6.49. The molecule has 22 heavy (non-hydrogen) atoms. The Hall–Kier alpha value is -2.21. The zero-order valence-electron chi connectivity index (χ0n) is 11.8. The van der Waals surface area contributed by atoms with Crippen molar-refractivity contribution in [2.45, 2.75) is 19.4 Å². The summed E-state index contributed by atoms with van der Waals surface area (Å²) in [6, 6.07) is 3.85. The zero-order valence-corrected chi connectivity index (χ0v) is 12.6. The van der Waals surface area contributed by atoms with E-state index in [0.29, 0.717) is 24.4 Å². The Morgan fingerprint density at radius 1 is 1.23 bits per heavy atom. The summed E-state index contributed by atoms with van der Waals surface area (Å²) >= 11 is 1.54. The Morgan fingerprint density at radius 3 is 2.59 bits per heavy atom. The highest BCUT2D eigenvalue weighted by atomic mass is 32.1. The highest BCUT2D eigenvalue weighted by Gasteiger charge is 2.47. The molecule has 5 nitrogen and oxygen atoms in total. The number of carbonyl (C=O) groups excluding carboxylic acids is 2. The molecule has 4 rings (SSSR count). The Balaban J connectivity index is 1.54. The molecular weight excluding hydrogens is 300 g/mol. The molecule has 1 aliphatic heterocycles. The van der Waals surface area contributed by atoms with Gasteiger partial charge >= 0.3 is 0 Å². The smallest absolute Gasteiger partial charge is 0.236 e. The molecule has 112 valence electrons. The quantitative estimate of drug-likeness (QED) is 0.645. The summed E-state index contributed by atoms with van der Waals surface area (Å²) in [5.41, 5.74) is 0.608. The van der Waals surface area contributed by atoms with Crippen molar-refractivity contribution in [2.24, 2.45) is 11.8 Å². The molecule has 2 aromatic rings. The van der Waals surface area contributed by atoms with Crippen LogP contribution in [-0.4, -0.2) is 21.7 Å². The van der Waals surface area contributed by atoms with Crippen LogP contribution in [0.2, 0.25) is 0 Å². The summed E-state index contributed by atoms with van der Waals surface area (Å²) in [4.78, 5) is 31.5. The Labute approximate surface area is 131 Å². The Bertz CT molecular complexity index is 721. The van der Waals surface area contributed by atoms with E-state index in [0.717, 1.165) is 4.88 Å². The summed E-state index contributed by atoms with van der Waals surface area (Å²) in [6.45, 7) is 0.194. The summed E-state index contributed by atoms with van der Waals surface area (Å²) < 4.78 is 5.45. The zero-order chi connectivity index (χ0) is 15.1. The summed E-state index contributed by atoms with van der Waals surface area (Å²) in [7, 11) is 0. The number of imide groups is 1. The van der Waals surface area contributed by atoms with Crippen LogP contribution < -0.4 is 0 Å². The third-order valence-electron chi connectivity index (χ3n) is 4.20. The van der Waals surface area contributed by atoms with Crippen molar-refractivity contribution in [1.29, 1.82) is 0 Å². The minimum atomic E-state index is -0.193. The molecule has 0 N–H and O–H groups in total. The van der Waals surface area contributed by atoms with Gasteiger partial charge in [-0.05, 0) is 24.3 Å². The number of oxazole rings is 1. The van der Waals surface area contributed by atoms with Crippen molar-refractivity contribution < 1.29 is 14.0 Å². The van der Waals surface area contributed by atoms with E-state index in [1.807, 2.05) is 29.7 Å². The molecule has 2 amide bonds. The van der Waals surface area contributed by atoms with Crippen molar-refractivity contribution >= 4 is 23.2 Å². The Morgan fingerprint density at radius 2 is 1.95 bits per heavy atom. The topological polar surface area (TPSA) is 63.4 Å². The van der Waals surface area contributed by atoms with Crippen LogP contribution in [0.4, 0.5) is 0 Å². The molecule has 2 aromatic heterocycles. The second kappa shape index (κ2) is 5.21. The number of aromatic nitrogens is 1. The summed E-state index contributed by atoms with van der Waals surface area (Å²) in [5, 5.41) is 1.95. The van der Waals surface area contributed by atoms with Crippen LogP contribution in [0.25, 0.3) is 10.8 Å². The van der Waals surface area contributed by atoms with E-state index in [4.69, 9.17) is 4.42 Å². The SMILES string of the molecule is O=C1[C@@H]2CC=CC[C@H]2C(=O)N1Cc1coc(-c2cccs2)n1. The lowest BCUT2D eigenvalue weighted by Crippen LogP contribution is -2.30. The van der Waals surface area contributed by atoms with Crippen LogP contribution in [0.3, 0.4) is 0 Å². The number of carbonyl (C=O) groups is 2. The maximum absolute atomic E-state index is 12.4. The number of thiophene rings is 1. The predicted octanol–water partition coefficient (Wildman–Crippen LogP) is 2.85. The number of rotatable bonds is 3. The molecule has 3 heterocycles. The van der Waals surface area contributed by atoms with Gasteiger partial charge in [0.1, 0.15) is 6.26 Å². The van der Waals surface area contributed by atoms with E-state index < -0.39 is 0 Å². The largest absolute Gasteiger partial charge is 0.443 e. The van der Waals surface area contributed by atoms with Crippen molar-refractivity contribution in [2.75, 3.05) is 0 Å². The lowest BCUT2D eigenvalue weighted by atomic mass is 9.85. The minimum Gasteiger partial charge on any atom is -0.443 e. The van der Waals surface area contributed by atoms with E-state index >= 15 is 0 Å².